The summed E-state index contributed by atoms with van der Waals surface area (Å²) in [5.41, 5.74) is 1.85. The van der Waals surface area contributed by atoms with Crippen molar-refractivity contribution in [3.05, 3.63) is 30.0 Å². The van der Waals surface area contributed by atoms with E-state index in [0.717, 1.165) is 36.0 Å². The third kappa shape index (κ3) is 2.06. The average Bonchev–Trinajstić information content (AvgIpc) is 3.02. The lowest BCUT2D eigenvalue weighted by Crippen LogP contribution is -2.16. The van der Waals surface area contributed by atoms with E-state index in [2.05, 4.69) is 25.3 Å². The minimum absolute atomic E-state index is 0.295. The Labute approximate surface area is 99.7 Å². The number of aromatic amines is 1. The normalized spacial score (nSPS) is 19.7. The Bertz CT molecular complexity index is 500. The fourth-order valence-electron chi connectivity index (χ4n) is 2.18. The molecule has 0 bridgehead atoms. The van der Waals surface area contributed by atoms with Crippen LogP contribution in [0.4, 0.5) is 0 Å². The number of hydrogen-bond acceptors (Lipinski definition) is 4. The summed E-state index contributed by atoms with van der Waals surface area (Å²) in [6, 6.07) is 2.25. The van der Waals surface area contributed by atoms with Crippen LogP contribution in [0.3, 0.4) is 0 Å². The van der Waals surface area contributed by atoms with Crippen LogP contribution in [0, 0.1) is 6.92 Å². The van der Waals surface area contributed by atoms with Gasteiger partial charge < -0.3 is 10.3 Å². The van der Waals surface area contributed by atoms with Gasteiger partial charge in [0.05, 0.1) is 6.04 Å². The third-order valence-electron chi connectivity index (χ3n) is 2.98. The zero-order chi connectivity index (χ0) is 11.7. The molecule has 17 heavy (non-hydrogen) atoms. The van der Waals surface area contributed by atoms with E-state index in [-0.39, 0.29) is 0 Å². The summed E-state index contributed by atoms with van der Waals surface area (Å²) < 4.78 is 0. The molecule has 88 valence electrons. The van der Waals surface area contributed by atoms with Crippen molar-refractivity contribution in [2.24, 2.45) is 0 Å². The molecule has 0 radical (unpaired) electrons. The van der Waals surface area contributed by atoms with Crippen molar-refractivity contribution in [2.75, 3.05) is 6.54 Å². The number of H-pyrrole nitrogens is 1. The largest absolute Gasteiger partial charge is 0.343 e. The number of rotatable bonds is 2. The molecule has 0 unspecified atom stereocenters. The van der Waals surface area contributed by atoms with Gasteiger partial charge in [0.25, 0.3) is 0 Å². The van der Waals surface area contributed by atoms with Crippen molar-refractivity contribution in [1.82, 2.24) is 25.3 Å². The lowest BCUT2D eigenvalue weighted by atomic mass is 10.2. The highest BCUT2D eigenvalue weighted by atomic mass is 15.0. The van der Waals surface area contributed by atoms with Crippen LogP contribution in [0.25, 0.3) is 11.5 Å². The van der Waals surface area contributed by atoms with Gasteiger partial charge in [0.2, 0.25) is 0 Å². The standard InChI is InChI=1S/C12H15N5/c1-8-7-10(11-14-5-6-15-11)17-12(16-8)9-3-2-4-13-9/h5-7,9,13H,2-4H2,1H3,(H,14,15)/t9-/m0/s1. The first-order valence-corrected chi connectivity index (χ1v) is 5.91. The molecule has 1 atom stereocenters. The lowest BCUT2D eigenvalue weighted by Gasteiger charge is -2.10. The fourth-order valence-corrected chi connectivity index (χ4v) is 2.18. The van der Waals surface area contributed by atoms with Gasteiger partial charge in [-0.25, -0.2) is 15.0 Å². The average molecular weight is 229 g/mol. The van der Waals surface area contributed by atoms with Crippen LogP contribution in [0.5, 0.6) is 0 Å². The second-order valence-corrected chi connectivity index (χ2v) is 4.34. The Balaban J connectivity index is 2.00. The monoisotopic (exact) mass is 229 g/mol. The van der Waals surface area contributed by atoms with E-state index in [9.17, 15) is 0 Å². The molecule has 0 saturated carbocycles. The highest BCUT2D eigenvalue weighted by Crippen LogP contribution is 2.22. The summed E-state index contributed by atoms with van der Waals surface area (Å²) in [5, 5.41) is 3.42. The Kier molecular flexibility index (Phi) is 2.60. The summed E-state index contributed by atoms with van der Waals surface area (Å²) in [5.74, 6) is 1.68. The molecule has 0 spiro atoms. The van der Waals surface area contributed by atoms with E-state index in [1.165, 1.54) is 6.42 Å². The highest BCUT2D eigenvalue weighted by molar-refractivity contribution is 5.49. The van der Waals surface area contributed by atoms with Gasteiger partial charge in [0.15, 0.2) is 5.82 Å². The van der Waals surface area contributed by atoms with Gasteiger partial charge in [0.1, 0.15) is 11.5 Å². The quantitative estimate of drug-likeness (QED) is 0.820. The van der Waals surface area contributed by atoms with Crippen molar-refractivity contribution in [2.45, 2.75) is 25.8 Å². The van der Waals surface area contributed by atoms with E-state index >= 15 is 0 Å². The summed E-state index contributed by atoms with van der Waals surface area (Å²) >= 11 is 0. The third-order valence-corrected chi connectivity index (χ3v) is 2.98. The van der Waals surface area contributed by atoms with Gasteiger partial charge in [-0.1, -0.05) is 0 Å². The predicted molar refractivity (Wildman–Crippen MR) is 64.3 cm³/mol. The SMILES string of the molecule is Cc1cc(-c2ncc[nH]2)nc([C@@H]2CCCN2)n1. The maximum absolute atomic E-state index is 4.59. The second-order valence-electron chi connectivity index (χ2n) is 4.34. The Morgan fingerprint density at radius 1 is 1.35 bits per heavy atom. The number of hydrogen-bond donors (Lipinski definition) is 2. The first-order valence-electron chi connectivity index (χ1n) is 5.91. The first kappa shape index (κ1) is 10.4. The summed E-state index contributed by atoms with van der Waals surface area (Å²) in [4.78, 5) is 16.4. The molecular formula is C12H15N5. The molecule has 1 saturated heterocycles. The van der Waals surface area contributed by atoms with Crippen LogP contribution in [-0.4, -0.2) is 26.5 Å². The minimum atomic E-state index is 0.295. The van der Waals surface area contributed by atoms with Gasteiger partial charge in [-0.2, -0.15) is 0 Å². The van der Waals surface area contributed by atoms with E-state index < -0.39 is 0 Å². The van der Waals surface area contributed by atoms with Crippen LogP contribution in [0.2, 0.25) is 0 Å². The Morgan fingerprint density at radius 3 is 3.00 bits per heavy atom. The number of aryl methyl sites for hydroxylation is 1. The second kappa shape index (κ2) is 4.25. The zero-order valence-electron chi connectivity index (χ0n) is 9.77. The molecule has 0 aromatic carbocycles. The molecule has 0 aliphatic carbocycles. The van der Waals surface area contributed by atoms with Crippen LogP contribution in [0.1, 0.15) is 30.4 Å². The smallest absolute Gasteiger partial charge is 0.156 e. The molecule has 5 heteroatoms. The summed E-state index contributed by atoms with van der Waals surface area (Å²) in [7, 11) is 0. The molecule has 1 aliphatic rings. The number of nitrogens with one attached hydrogen (secondary N) is 2. The minimum Gasteiger partial charge on any atom is -0.343 e. The number of aromatic nitrogens is 4. The van der Waals surface area contributed by atoms with Crippen LogP contribution in [-0.2, 0) is 0 Å². The molecule has 2 aromatic heterocycles. The molecule has 5 nitrogen and oxygen atoms in total. The lowest BCUT2D eigenvalue weighted by molar-refractivity contribution is 0.603. The summed E-state index contributed by atoms with van der Waals surface area (Å²) in [6.45, 7) is 3.05. The molecule has 1 aliphatic heterocycles. The zero-order valence-corrected chi connectivity index (χ0v) is 9.77. The van der Waals surface area contributed by atoms with Crippen molar-refractivity contribution < 1.29 is 0 Å². The predicted octanol–water partition coefficient (Wildman–Crippen LogP) is 1.60. The highest BCUT2D eigenvalue weighted by Gasteiger charge is 2.20. The molecule has 3 rings (SSSR count). The first-order chi connectivity index (χ1) is 8.33. The van der Waals surface area contributed by atoms with Gasteiger partial charge in [0, 0.05) is 18.1 Å². The number of nitrogens with zero attached hydrogens (tertiary/aromatic N) is 3. The summed E-state index contributed by atoms with van der Waals surface area (Å²) in [6.07, 6.45) is 5.85. The van der Waals surface area contributed by atoms with Crippen LogP contribution < -0.4 is 5.32 Å². The van der Waals surface area contributed by atoms with Crippen LogP contribution in [0.15, 0.2) is 18.5 Å². The Hall–Kier alpha value is -1.75. The maximum atomic E-state index is 4.59. The molecule has 2 aromatic rings. The van der Waals surface area contributed by atoms with Gasteiger partial charge in [-0.3, -0.25) is 0 Å². The van der Waals surface area contributed by atoms with E-state index in [4.69, 9.17) is 0 Å². The van der Waals surface area contributed by atoms with Crippen molar-refractivity contribution in [3.8, 4) is 11.5 Å². The fraction of sp³-hybridized carbons (Fsp3) is 0.417. The molecule has 2 N–H and O–H groups in total. The van der Waals surface area contributed by atoms with Crippen molar-refractivity contribution >= 4 is 0 Å². The van der Waals surface area contributed by atoms with Crippen molar-refractivity contribution in [3.63, 3.8) is 0 Å². The Morgan fingerprint density at radius 2 is 2.29 bits per heavy atom. The molecule has 1 fully saturated rings. The molecule has 3 heterocycles. The maximum Gasteiger partial charge on any atom is 0.156 e. The van der Waals surface area contributed by atoms with E-state index in [0.29, 0.717) is 6.04 Å². The number of imidazole rings is 1. The van der Waals surface area contributed by atoms with E-state index in [1.807, 2.05) is 13.0 Å². The topological polar surface area (TPSA) is 66.5 Å². The molecule has 0 amide bonds. The van der Waals surface area contributed by atoms with E-state index in [1.54, 1.807) is 12.4 Å². The van der Waals surface area contributed by atoms with Gasteiger partial charge >= 0.3 is 0 Å². The van der Waals surface area contributed by atoms with Crippen molar-refractivity contribution in [1.29, 1.82) is 0 Å². The van der Waals surface area contributed by atoms with Crippen LogP contribution >= 0.6 is 0 Å². The van der Waals surface area contributed by atoms with Gasteiger partial charge in [-0.15, -0.1) is 0 Å². The van der Waals surface area contributed by atoms with Gasteiger partial charge in [-0.05, 0) is 32.4 Å². The molecular weight excluding hydrogens is 214 g/mol.